The molecule has 2 aromatic rings. The first-order valence-corrected chi connectivity index (χ1v) is 14.4. The van der Waals surface area contributed by atoms with Crippen LogP contribution in [0.3, 0.4) is 0 Å². The van der Waals surface area contributed by atoms with Crippen LogP contribution in [0.15, 0.2) is 53.7 Å². The molecular formula is C27H34N4O6S. The molecule has 1 aliphatic carbocycles. The molecule has 1 saturated heterocycles. The first-order valence-electron chi connectivity index (χ1n) is 12.9. The molecule has 0 bridgehead atoms. The summed E-state index contributed by atoms with van der Waals surface area (Å²) >= 11 is 0. The summed E-state index contributed by atoms with van der Waals surface area (Å²) in [7, 11) is -3.87. The number of benzene rings is 1. The Labute approximate surface area is 223 Å². The molecule has 1 aliphatic heterocycles. The summed E-state index contributed by atoms with van der Waals surface area (Å²) in [6.07, 6.45) is 6.10. The van der Waals surface area contributed by atoms with Gasteiger partial charge in [0.25, 0.3) is 15.9 Å². The third-order valence-corrected chi connectivity index (χ3v) is 8.60. The fraction of sp³-hybridized carbons (Fsp3) is 0.481. The highest BCUT2D eigenvalue weighted by molar-refractivity contribution is 7.92. The summed E-state index contributed by atoms with van der Waals surface area (Å²) in [6.45, 7) is 3.98. The fourth-order valence-electron chi connectivity index (χ4n) is 5.14. The first-order chi connectivity index (χ1) is 18.1. The molecule has 1 saturated carbocycles. The van der Waals surface area contributed by atoms with Crippen molar-refractivity contribution in [2.75, 3.05) is 11.3 Å². The lowest BCUT2D eigenvalue weighted by Crippen LogP contribution is -2.54. The van der Waals surface area contributed by atoms with Crippen molar-refractivity contribution in [3.63, 3.8) is 0 Å². The molecule has 204 valence electrons. The number of ketones is 1. The van der Waals surface area contributed by atoms with Crippen molar-refractivity contribution in [1.29, 1.82) is 0 Å². The summed E-state index contributed by atoms with van der Waals surface area (Å²) in [6, 6.07) is 8.94. The van der Waals surface area contributed by atoms with Crippen LogP contribution in [0, 0.1) is 5.41 Å². The number of pyridine rings is 1. The number of amides is 2. The number of Topliss-reactive ketones (excluding diaryl/α,β-unsaturated/α-hetero) is 1. The van der Waals surface area contributed by atoms with E-state index < -0.39 is 33.9 Å². The smallest absolute Gasteiger partial charge is 0.279 e. The fourth-order valence-corrected chi connectivity index (χ4v) is 6.15. The normalized spacial score (nSPS) is 21.6. The predicted molar refractivity (Wildman–Crippen MR) is 141 cm³/mol. The van der Waals surface area contributed by atoms with Crippen LogP contribution in [0.1, 0.15) is 62.7 Å². The Bertz CT molecular complexity index is 1260. The molecule has 2 heterocycles. The highest BCUT2D eigenvalue weighted by atomic mass is 32.2. The molecule has 0 unspecified atom stereocenters. The van der Waals surface area contributed by atoms with Crippen LogP contribution in [0.4, 0.5) is 5.69 Å². The lowest BCUT2D eigenvalue weighted by Gasteiger charge is -2.30. The number of rotatable bonds is 10. The minimum Gasteiger partial charge on any atom is -0.368 e. The van der Waals surface area contributed by atoms with Crippen molar-refractivity contribution in [1.82, 2.24) is 15.6 Å². The molecule has 1 aromatic carbocycles. The molecule has 11 heteroatoms. The molecular weight excluding hydrogens is 508 g/mol. The van der Waals surface area contributed by atoms with Crippen molar-refractivity contribution < 1.29 is 27.5 Å². The quantitative estimate of drug-likeness (QED) is 0.419. The second kappa shape index (κ2) is 11.6. The number of ether oxygens (including phenoxy) is 1. The average molecular weight is 543 g/mol. The molecule has 38 heavy (non-hydrogen) atoms. The Kier molecular flexibility index (Phi) is 8.47. The molecule has 0 radical (unpaired) electrons. The van der Waals surface area contributed by atoms with Crippen LogP contribution in [0.25, 0.3) is 0 Å². The van der Waals surface area contributed by atoms with E-state index >= 15 is 0 Å². The van der Waals surface area contributed by atoms with E-state index in [1.54, 1.807) is 12.1 Å². The Morgan fingerprint density at radius 3 is 2.47 bits per heavy atom. The highest BCUT2D eigenvalue weighted by Crippen LogP contribution is 2.41. The van der Waals surface area contributed by atoms with Crippen molar-refractivity contribution in [3.05, 3.63) is 54.2 Å². The maximum atomic E-state index is 13.3. The first kappa shape index (κ1) is 27.7. The van der Waals surface area contributed by atoms with E-state index in [9.17, 15) is 22.8 Å². The molecule has 2 amide bonds. The molecule has 2 aliphatic rings. The van der Waals surface area contributed by atoms with Gasteiger partial charge < -0.3 is 15.4 Å². The van der Waals surface area contributed by atoms with E-state index in [0.717, 1.165) is 25.7 Å². The Balaban J connectivity index is 1.46. The van der Waals surface area contributed by atoms with E-state index in [1.165, 1.54) is 36.5 Å². The van der Waals surface area contributed by atoms with Crippen LogP contribution in [0.5, 0.6) is 0 Å². The van der Waals surface area contributed by atoms with Gasteiger partial charge in [0.1, 0.15) is 18.7 Å². The van der Waals surface area contributed by atoms with Crippen molar-refractivity contribution in [3.8, 4) is 0 Å². The second-order valence-corrected chi connectivity index (χ2v) is 11.9. The molecule has 4 rings (SSSR count). The Hall–Kier alpha value is -3.31. The minimum atomic E-state index is -3.87. The van der Waals surface area contributed by atoms with Crippen LogP contribution < -0.4 is 15.4 Å². The van der Waals surface area contributed by atoms with Gasteiger partial charge in [-0.1, -0.05) is 32.8 Å². The Morgan fingerprint density at radius 2 is 1.84 bits per heavy atom. The van der Waals surface area contributed by atoms with Gasteiger partial charge in [-0.05, 0) is 67.5 Å². The van der Waals surface area contributed by atoms with Gasteiger partial charge in [0.05, 0.1) is 6.10 Å². The van der Waals surface area contributed by atoms with Crippen molar-refractivity contribution in [2.24, 2.45) is 5.41 Å². The number of hydrogen-bond acceptors (Lipinski definition) is 7. The molecule has 10 nitrogen and oxygen atoms in total. The van der Waals surface area contributed by atoms with Crippen molar-refractivity contribution >= 4 is 33.3 Å². The summed E-state index contributed by atoms with van der Waals surface area (Å²) in [5.74, 6) is -1.05. The third-order valence-electron chi connectivity index (χ3n) is 7.30. The zero-order chi connectivity index (χ0) is 27.3. The third kappa shape index (κ3) is 6.57. The lowest BCUT2D eigenvalue weighted by molar-refractivity contribution is -0.128. The van der Waals surface area contributed by atoms with E-state index in [1.807, 2.05) is 6.92 Å². The second-order valence-electron chi connectivity index (χ2n) is 10.3. The van der Waals surface area contributed by atoms with E-state index in [2.05, 4.69) is 27.3 Å². The largest absolute Gasteiger partial charge is 0.368 e. The summed E-state index contributed by atoms with van der Waals surface area (Å²) in [5, 5.41) is 5.55. The molecule has 2 fully saturated rings. The van der Waals surface area contributed by atoms with Gasteiger partial charge >= 0.3 is 0 Å². The van der Waals surface area contributed by atoms with Crippen LogP contribution in [-0.4, -0.2) is 55.8 Å². The maximum Gasteiger partial charge on any atom is 0.279 e. The van der Waals surface area contributed by atoms with Crippen LogP contribution in [0.2, 0.25) is 0 Å². The van der Waals surface area contributed by atoms with Gasteiger partial charge in [-0.3, -0.25) is 19.1 Å². The molecule has 0 spiro atoms. The molecule has 1 aromatic heterocycles. The van der Waals surface area contributed by atoms with E-state index in [-0.39, 0.29) is 40.2 Å². The topological polar surface area (TPSA) is 144 Å². The van der Waals surface area contributed by atoms with Gasteiger partial charge in [-0.25, -0.2) is 4.98 Å². The minimum absolute atomic E-state index is 0.0331. The van der Waals surface area contributed by atoms with E-state index in [4.69, 9.17) is 4.74 Å². The lowest BCUT2D eigenvalue weighted by atomic mass is 9.81. The van der Waals surface area contributed by atoms with E-state index in [0.29, 0.717) is 12.8 Å². The number of nitrogens with one attached hydrogen (secondary N) is 3. The number of hydrogen-bond donors (Lipinski definition) is 3. The molecule has 3 atom stereocenters. The zero-order valence-corrected chi connectivity index (χ0v) is 22.4. The van der Waals surface area contributed by atoms with Crippen LogP contribution >= 0.6 is 0 Å². The van der Waals surface area contributed by atoms with Gasteiger partial charge in [0.2, 0.25) is 5.91 Å². The number of carbonyl (C=O) groups is 3. The van der Waals surface area contributed by atoms with Gasteiger partial charge in [-0.15, -0.1) is 0 Å². The summed E-state index contributed by atoms with van der Waals surface area (Å²) in [4.78, 5) is 42.6. The van der Waals surface area contributed by atoms with Gasteiger partial charge in [0.15, 0.2) is 10.8 Å². The predicted octanol–water partition coefficient (Wildman–Crippen LogP) is 2.81. The number of anilines is 1. The van der Waals surface area contributed by atoms with Crippen LogP contribution in [-0.2, 0) is 24.3 Å². The standard InChI is InChI=1S/C27H34N4O6S/c1-3-22-24(21(32)17-37-22)30-26(34)20(16-27(2)13-5-6-14-27)29-25(33)18-9-11-19(12-10-18)31-38(35,36)23-8-4-7-15-28-23/h4,7-12,15,20,22,24,31H,3,5-6,13-14,16-17H2,1-2H3,(H,29,33)(H,30,34)/t20-,22-,24+/m0/s1. The SMILES string of the molecule is CC[C@@H]1OCC(=O)[C@H]1NC(=O)[C@H](CC1(C)CCCC1)NC(=O)c1ccc(NS(=O)(=O)c2ccccn2)cc1. The van der Waals surface area contributed by atoms with Crippen molar-refractivity contribution in [2.45, 2.75) is 75.6 Å². The maximum absolute atomic E-state index is 13.3. The summed E-state index contributed by atoms with van der Waals surface area (Å²) in [5.41, 5.74) is 0.445. The van der Waals surface area contributed by atoms with Gasteiger partial charge in [-0.2, -0.15) is 8.42 Å². The zero-order valence-electron chi connectivity index (χ0n) is 21.6. The number of nitrogens with zero attached hydrogens (tertiary/aromatic N) is 1. The monoisotopic (exact) mass is 542 g/mol. The summed E-state index contributed by atoms with van der Waals surface area (Å²) < 4.78 is 32.9. The number of carbonyl (C=O) groups excluding carboxylic acids is 3. The number of aromatic nitrogens is 1. The van der Waals surface area contributed by atoms with Gasteiger partial charge in [0, 0.05) is 17.4 Å². The number of sulfonamides is 1. The molecule has 3 N–H and O–H groups in total. The average Bonchev–Trinajstić information content (AvgIpc) is 3.49. The Morgan fingerprint density at radius 1 is 1.13 bits per heavy atom. The highest BCUT2D eigenvalue weighted by Gasteiger charge is 2.40.